The summed E-state index contributed by atoms with van der Waals surface area (Å²) in [5.74, 6) is 1.60. The first-order valence-corrected chi connectivity index (χ1v) is 10.8. The van der Waals surface area contributed by atoms with E-state index in [0.29, 0.717) is 18.6 Å². The van der Waals surface area contributed by atoms with Crippen LogP contribution in [0.2, 0.25) is 0 Å². The normalized spacial score (nSPS) is 23.8. The van der Waals surface area contributed by atoms with Gasteiger partial charge in [-0.3, -0.25) is 9.36 Å². The van der Waals surface area contributed by atoms with Crippen LogP contribution < -0.4 is 5.56 Å². The van der Waals surface area contributed by atoms with Gasteiger partial charge in [0.15, 0.2) is 5.16 Å². The number of nitrogens with zero attached hydrogens (tertiary/aromatic N) is 2. The van der Waals surface area contributed by atoms with E-state index in [9.17, 15) is 4.79 Å². The summed E-state index contributed by atoms with van der Waals surface area (Å²) < 4.78 is 7.56. The Kier molecular flexibility index (Phi) is 4.71. The Bertz CT molecular complexity index is 805. The minimum absolute atomic E-state index is 0.157. The molecule has 0 amide bonds. The third-order valence-electron chi connectivity index (χ3n) is 5.12. The van der Waals surface area contributed by atoms with E-state index in [2.05, 4.69) is 6.92 Å². The fourth-order valence-corrected chi connectivity index (χ4v) is 6.29. The van der Waals surface area contributed by atoms with Crippen molar-refractivity contribution in [3.63, 3.8) is 0 Å². The van der Waals surface area contributed by atoms with Crippen molar-refractivity contribution < 1.29 is 4.74 Å². The van der Waals surface area contributed by atoms with E-state index in [4.69, 9.17) is 9.72 Å². The van der Waals surface area contributed by atoms with Crippen LogP contribution in [0, 0.1) is 5.92 Å². The number of hydrogen-bond donors (Lipinski definition) is 0. The maximum atomic E-state index is 13.1. The summed E-state index contributed by atoms with van der Waals surface area (Å²) >= 11 is 3.42. The zero-order valence-electron chi connectivity index (χ0n) is 14.3. The van der Waals surface area contributed by atoms with Gasteiger partial charge in [-0.2, -0.15) is 0 Å². The van der Waals surface area contributed by atoms with Gasteiger partial charge in [-0.15, -0.1) is 11.3 Å². The largest absolute Gasteiger partial charge is 0.377 e. The average molecular weight is 365 g/mol. The summed E-state index contributed by atoms with van der Waals surface area (Å²) in [5.41, 5.74) is 1.44. The lowest BCUT2D eigenvalue weighted by molar-refractivity contribution is 0.129. The summed E-state index contributed by atoms with van der Waals surface area (Å²) in [4.78, 5) is 20.3. The molecule has 6 heteroatoms. The van der Waals surface area contributed by atoms with Crippen LogP contribution >= 0.6 is 23.1 Å². The molecule has 4 nitrogen and oxygen atoms in total. The fraction of sp³-hybridized carbons (Fsp3) is 0.667. The molecule has 2 atom stereocenters. The molecule has 0 spiro atoms. The maximum Gasteiger partial charge on any atom is 0.263 e. The summed E-state index contributed by atoms with van der Waals surface area (Å²) in [6.07, 6.45) is 5.88. The number of rotatable bonds is 4. The smallest absolute Gasteiger partial charge is 0.263 e. The van der Waals surface area contributed by atoms with Crippen LogP contribution in [0.5, 0.6) is 0 Å². The lowest BCUT2D eigenvalue weighted by Gasteiger charge is -2.17. The first kappa shape index (κ1) is 16.6. The molecule has 130 valence electrons. The molecule has 0 saturated carbocycles. The van der Waals surface area contributed by atoms with E-state index >= 15 is 0 Å². The van der Waals surface area contributed by atoms with Crippen molar-refractivity contribution in [1.29, 1.82) is 0 Å². The molecule has 0 bridgehead atoms. The molecular formula is C18H24N2O2S2. The van der Waals surface area contributed by atoms with Crippen LogP contribution in [0.25, 0.3) is 10.2 Å². The number of thioether (sulfide) groups is 1. The molecule has 1 aliphatic carbocycles. The predicted octanol–water partition coefficient (Wildman–Crippen LogP) is 3.87. The van der Waals surface area contributed by atoms with Gasteiger partial charge in [0.25, 0.3) is 5.56 Å². The minimum atomic E-state index is 0.157. The number of thiophene rings is 1. The van der Waals surface area contributed by atoms with Crippen LogP contribution in [0.1, 0.15) is 43.6 Å². The van der Waals surface area contributed by atoms with Crippen LogP contribution in [0.3, 0.4) is 0 Å². The SMILES string of the molecule is CCn1c(SC[C@H]2CCCO2)nc2sc3c(c2c1=O)CC[C@H](C)C3. The predicted molar refractivity (Wildman–Crippen MR) is 100 cm³/mol. The molecule has 2 aliphatic rings. The third-order valence-corrected chi connectivity index (χ3v) is 7.38. The zero-order valence-corrected chi connectivity index (χ0v) is 16.0. The second kappa shape index (κ2) is 6.81. The van der Waals surface area contributed by atoms with Gasteiger partial charge in [-0.1, -0.05) is 18.7 Å². The van der Waals surface area contributed by atoms with Crippen LogP contribution in [-0.4, -0.2) is 28.0 Å². The van der Waals surface area contributed by atoms with Crippen molar-refractivity contribution in [2.24, 2.45) is 5.92 Å². The van der Waals surface area contributed by atoms with E-state index in [1.807, 2.05) is 11.5 Å². The zero-order chi connectivity index (χ0) is 16.7. The number of aromatic nitrogens is 2. The molecule has 0 aromatic carbocycles. The highest BCUT2D eigenvalue weighted by Gasteiger charge is 2.25. The third kappa shape index (κ3) is 2.93. The van der Waals surface area contributed by atoms with Crippen molar-refractivity contribution in [1.82, 2.24) is 9.55 Å². The summed E-state index contributed by atoms with van der Waals surface area (Å²) in [5, 5.41) is 1.75. The molecule has 0 radical (unpaired) electrons. The van der Waals surface area contributed by atoms with Crippen molar-refractivity contribution in [2.45, 2.75) is 63.8 Å². The van der Waals surface area contributed by atoms with E-state index in [-0.39, 0.29) is 5.56 Å². The van der Waals surface area contributed by atoms with Gasteiger partial charge >= 0.3 is 0 Å². The molecule has 4 rings (SSSR count). The van der Waals surface area contributed by atoms with Gasteiger partial charge in [-0.25, -0.2) is 4.98 Å². The van der Waals surface area contributed by atoms with Gasteiger partial charge in [-0.05, 0) is 50.5 Å². The first-order valence-electron chi connectivity index (χ1n) is 8.96. The molecule has 0 N–H and O–H groups in total. The lowest BCUT2D eigenvalue weighted by Crippen LogP contribution is -2.24. The standard InChI is InChI=1S/C18H24N2O2S2/c1-3-20-17(21)15-13-7-6-11(2)9-14(13)24-16(15)19-18(20)23-10-12-5-4-8-22-12/h11-12H,3-10H2,1-2H3/t11-,12+/m0/s1. The molecule has 2 aromatic rings. The van der Waals surface area contributed by atoms with Crippen LogP contribution in [0.15, 0.2) is 9.95 Å². The van der Waals surface area contributed by atoms with E-state index in [0.717, 1.165) is 53.4 Å². The Labute approximate surface area is 150 Å². The second-order valence-corrected chi connectivity index (χ2v) is 8.99. The first-order chi connectivity index (χ1) is 11.7. The average Bonchev–Trinajstić information content (AvgIpc) is 3.19. The number of fused-ring (bicyclic) bond motifs is 3. The quantitative estimate of drug-likeness (QED) is 0.610. The molecule has 1 saturated heterocycles. The number of ether oxygens (including phenoxy) is 1. The molecule has 3 heterocycles. The Morgan fingerprint density at radius 3 is 3.04 bits per heavy atom. The molecule has 1 fully saturated rings. The topological polar surface area (TPSA) is 44.1 Å². The monoisotopic (exact) mass is 364 g/mol. The number of hydrogen-bond acceptors (Lipinski definition) is 5. The lowest BCUT2D eigenvalue weighted by atomic mass is 9.89. The Morgan fingerprint density at radius 2 is 2.29 bits per heavy atom. The van der Waals surface area contributed by atoms with Crippen molar-refractivity contribution in [3.8, 4) is 0 Å². The highest BCUT2D eigenvalue weighted by Crippen LogP contribution is 2.36. The van der Waals surface area contributed by atoms with E-state index < -0.39 is 0 Å². The van der Waals surface area contributed by atoms with E-state index in [1.165, 1.54) is 16.9 Å². The van der Waals surface area contributed by atoms with Crippen molar-refractivity contribution >= 4 is 33.3 Å². The highest BCUT2D eigenvalue weighted by atomic mass is 32.2. The second-order valence-electron chi connectivity index (χ2n) is 6.92. The van der Waals surface area contributed by atoms with Gasteiger partial charge in [0.05, 0.1) is 11.5 Å². The molecular weight excluding hydrogens is 340 g/mol. The van der Waals surface area contributed by atoms with Crippen LogP contribution in [-0.2, 0) is 24.1 Å². The Hall–Kier alpha value is -0.850. The van der Waals surface area contributed by atoms with Crippen molar-refractivity contribution in [2.75, 3.05) is 12.4 Å². The summed E-state index contributed by atoms with van der Waals surface area (Å²) in [6.45, 7) is 5.88. The minimum Gasteiger partial charge on any atom is -0.377 e. The van der Waals surface area contributed by atoms with Gasteiger partial charge in [0.1, 0.15) is 4.83 Å². The van der Waals surface area contributed by atoms with Crippen LogP contribution in [0.4, 0.5) is 0 Å². The number of aryl methyl sites for hydroxylation is 1. The Balaban J connectivity index is 1.73. The van der Waals surface area contributed by atoms with Crippen molar-refractivity contribution in [3.05, 3.63) is 20.8 Å². The van der Waals surface area contributed by atoms with Gasteiger partial charge < -0.3 is 4.74 Å². The summed E-state index contributed by atoms with van der Waals surface area (Å²) in [7, 11) is 0. The highest BCUT2D eigenvalue weighted by molar-refractivity contribution is 7.99. The molecule has 1 aliphatic heterocycles. The summed E-state index contributed by atoms with van der Waals surface area (Å²) in [6, 6.07) is 0. The molecule has 24 heavy (non-hydrogen) atoms. The van der Waals surface area contributed by atoms with E-state index in [1.54, 1.807) is 23.1 Å². The molecule has 2 aromatic heterocycles. The molecule has 0 unspecified atom stereocenters. The maximum absolute atomic E-state index is 13.1. The Morgan fingerprint density at radius 1 is 1.42 bits per heavy atom. The fourth-order valence-electron chi connectivity index (χ4n) is 3.74. The van der Waals surface area contributed by atoms with Gasteiger partial charge in [0.2, 0.25) is 0 Å². The van der Waals surface area contributed by atoms with Gasteiger partial charge in [0, 0.05) is 23.8 Å².